The summed E-state index contributed by atoms with van der Waals surface area (Å²) < 4.78 is 0. The van der Waals surface area contributed by atoms with E-state index in [0.717, 1.165) is 11.3 Å². The van der Waals surface area contributed by atoms with E-state index in [1.807, 2.05) is 31.2 Å². The fourth-order valence-electron chi connectivity index (χ4n) is 1.43. The zero-order chi connectivity index (χ0) is 12.0. The molecule has 1 amide bonds. The molecule has 3 nitrogen and oxygen atoms in total. The molecule has 0 saturated heterocycles. The summed E-state index contributed by atoms with van der Waals surface area (Å²) in [6.45, 7) is 2.65. The Balaban J connectivity index is 2.64. The second kappa shape index (κ2) is 5.94. The molecule has 1 aromatic carbocycles. The van der Waals surface area contributed by atoms with Crippen LogP contribution in [0.25, 0.3) is 0 Å². The summed E-state index contributed by atoms with van der Waals surface area (Å²) in [5.74, 6) is 2.44. The number of terminal acetylenes is 1. The molecule has 0 atom stereocenters. The smallest absolute Gasteiger partial charge is 0.240 e. The highest BCUT2D eigenvalue weighted by atomic mass is 16.2. The lowest BCUT2D eigenvalue weighted by Gasteiger charge is -2.19. The number of benzene rings is 1. The van der Waals surface area contributed by atoms with Gasteiger partial charge in [0.05, 0.1) is 13.1 Å². The molecule has 3 heteroatoms. The summed E-state index contributed by atoms with van der Waals surface area (Å²) in [6, 6.07) is 7.77. The lowest BCUT2D eigenvalue weighted by atomic mass is 10.2. The predicted molar refractivity (Wildman–Crippen MR) is 66.3 cm³/mol. The van der Waals surface area contributed by atoms with Crippen LogP contribution < -0.4 is 10.2 Å². The number of anilines is 1. The van der Waals surface area contributed by atoms with Gasteiger partial charge in [-0.05, 0) is 18.6 Å². The van der Waals surface area contributed by atoms with E-state index in [2.05, 4.69) is 11.2 Å². The second-order valence-electron chi connectivity index (χ2n) is 3.55. The number of amides is 1. The van der Waals surface area contributed by atoms with E-state index in [0.29, 0.717) is 6.54 Å². The summed E-state index contributed by atoms with van der Waals surface area (Å²) in [4.78, 5) is 13.4. The monoisotopic (exact) mass is 216 g/mol. The Morgan fingerprint density at radius 3 is 2.81 bits per heavy atom. The van der Waals surface area contributed by atoms with Gasteiger partial charge >= 0.3 is 0 Å². The Bertz CT molecular complexity index is 407. The van der Waals surface area contributed by atoms with Crippen LogP contribution in [0.3, 0.4) is 0 Å². The number of hydrogen-bond acceptors (Lipinski definition) is 2. The number of likely N-dealkylation sites (N-methyl/N-ethyl adjacent to an activating group) is 1. The Morgan fingerprint density at radius 2 is 2.19 bits per heavy atom. The number of rotatable bonds is 4. The van der Waals surface area contributed by atoms with Crippen LogP contribution in [-0.4, -0.2) is 26.0 Å². The van der Waals surface area contributed by atoms with Gasteiger partial charge in [-0.15, -0.1) is 6.42 Å². The first kappa shape index (κ1) is 12.3. The van der Waals surface area contributed by atoms with Crippen molar-refractivity contribution in [2.45, 2.75) is 6.92 Å². The van der Waals surface area contributed by atoms with Gasteiger partial charge in [-0.2, -0.15) is 0 Å². The Labute approximate surface area is 96.5 Å². The number of carbonyl (C=O) groups is 1. The maximum absolute atomic E-state index is 11.8. The van der Waals surface area contributed by atoms with Crippen molar-refractivity contribution >= 4 is 11.6 Å². The van der Waals surface area contributed by atoms with Crippen molar-refractivity contribution in [3.05, 3.63) is 29.8 Å². The van der Waals surface area contributed by atoms with E-state index in [1.54, 1.807) is 11.9 Å². The molecule has 0 aromatic heterocycles. The first-order valence-corrected chi connectivity index (χ1v) is 5.13. The molecule has 0 radical (unpaired) electrons. The SMILES string of the molecule is C#CCNCC(=O)N(C)c1ccccc1C. The van der Waals surface area contributed by atoms with Gasteiger partial charge in [-0.3, -0.25) is 10.1 Å². The number of para-hydroxylation sites is 1. The molecule has 0 unspecified atom stereocenters. The topological polar surface area (TPSA) is 32.3 Å². The third-order valence-electron chi connectivity index (χ3n) is 2.35. The predicted octanol–water partition coefficient (Wildman–Crippen LogP) is 1.18. The van der Waals surface area contributed by atoms with Crippen LogP contribution in [0.2, 0.25) is 0 Å². The minimum atomic E-state index is 0.00421. The van der Waals surface area contributed by atoms with Crippen molar-refractivity contribution in [3.63, 3.8) is 0 Å². The first-order valence-electron chi connectivity index (χ1n) is 5.13. The Hall–Kier alpha value is -1.79. The van der Waals surface area contributed by atoms with E-state index >= 15 is 0 Å². The Kier molecular flexibility index (Phi) is 4.56. The van der Waals surface area contributed by atoms with Crippen molar-refractivity contribution in [2.75, 3.05) is 25.0 Å². The lowest BCUT2D eigenvalue weighted by molar-refractivity contribution is -0.117. The van der Waals surface area contributed by atoms with Crippen LogP contribution in [0.5, 0.6) is 0 Å². The van der Waals surface area contributed by atoms with E-state index < -0.39 is 0 Å². The highest BCUT2D eigenvalue weighted by molar-refractivity contribution is 5.94. The Morgan fingerprint density at radius 1 is 1.50 bits per heavy atom. The van der Waals surface area contributed by atoms with E-state index in [9.17, 15) is 4.79 Å². The number of nitrogens with zero attached hydrogens (tertiary/aromatic N) is 1. The van der Waals surface area contributed by atoms with E-state index in [1.165, 1.54) is 0 Å². The quantitative estimate of drug-likeness (QED) is 0.605. The molecule has 1 N–H and O–H groups in total. The minimum absolute atomic E-state index is 0.00421. The summed E-state index contributed by atoms with van der Waals surface area (Å²) in [7, 11) is 1.77. The van der Waals surface area contributed by atoms with Crippen molar-refractivity contribution in [3.8, 4) is 12.3 Å². The van der Waals surface area contributed by atoms with Gasteiger partial charge in [0.1, 0.15) is 0 Å². The second-order valence-corrected chi connectivity index (χ2v) is 3.55. The fourth-order valence-corrected chi connectivity index (χ4v) is 1.43. The molecule has 0 saturated carbocycles. The van der Waals surface area contributed by atoms with Gasteiger partial charge < -0.3 is 4.90 Å². The standard InChI is InChI=1S/C13H16N2O/c1-4-9-14-10-13(16)15(3)12-8-6-5-7-11(12)2/h1,5-8,14H,9-10H2,2-3H3. The highest BCUT2D eigenvalue weighted by Gasteiger charge is 2.11. The number of nitrogens with one attached hydrogen (secondary N) is 1. The van der Waals surface area contributed by atoms with Crippen molar-refractivity contribution in [1.29, 1.82) is 0 Å². The van der Waals surface area contributed by atoms with Crippen LogP contribution in [0.15, 0.2) is 24.3 Å². The van der Waals surface area contributed by atoms with Gasteiger partial charge in [0, 0.05) is 12.7 Å². The van der Waals surface area contributed by atoms with Gasteiger partial charge in [-0.1, -0.05) is 24.1 Å². The third-order valence-corrected chi connectivity index (χ3v) is 2.35. The number of hydrogen-bond donors (Lipinski definition) is 1. The van der Waals surface area contributed by atoms with Crippen LogP contribution >= 0.6 is 0 Å². The molecule has 16 heavy (non-hydrogen) atoms. The van der Waals surface area contributed by atoms with Gasteiger partial charge in [0.15, 0.2) is 0 Å². The fraction of sp³-hybridized carbons (Fsp3) is 0.308. The van der Waals surface area contributed by atoms with Crippen molar-refractivity contribution in [2.24, 2.45) is 0 Å². The van der Waals surface area contributed by atoms with Gasteiger partial charge in [-0.25, -0.2) is 0 Å². The largest absolute Gasteiger partial charge is 0.314 e. The van der Waals surface area contributed by atoms with E-state index in [-0.39, 0.29) is 12.5 Å². The molecule has 0 aliphatic rings. The van der Waals surface area contributed by atoms with Crippen molar-refractivity contribution in [1.82, 2.24) is 5.32 Å². The zero-order valence-corrected chi connectivity index (χ0v) is 9.66. The number of aryl methyl sites for hydroxylation is 1. The lowest BCUT2D eigenvalue weighted by Crippen LogP contribution is -2.36. The molecule has 0 heterocycles. The average Bonchev–Trinajstić information content (AvgIpc) is 2.29. The summed E-state index contributed by atoms with van der Waals surface area (Å²) in [6.07, 6.45) is 5.09. The molecule has 84 valence electrons. The summed E-state index contributed by atoms with van der Waals surface area (Å²) in [5.41, 5.74) is 2.00. The molecule has 0 fully saturated rings. The molecule has 1 aromatic rings. The third kappa shape index (κ3) is 3.11. The summed E-state index contributed by atoms with van der Waals surface area (Å²) >= 11 is 0. The zero-order valence-electron chi connectivity index (χ0n) is 9.66. The highest BCUT2D eigenvalue weighted by Crippen LogP contribution is 2.17. The van der Waals surface area contributed by atoms with Crippen LogP contribution in [-0.2, 0) is 4.79 Å². The molecular formula is C13H16N2O. The molecule has 0 aliphatic heterocycles. The molecule has 0 spiro atoms. The normalized spacial score (nSPS) is 9.56. The maximum Gasteiger partial charge on any atom is 0.240 e. The van der Waals surface area contributed by atoms with Crippen LogP contribution in [0, 0.1) is 19.3 Å². The minimum Gasteiger partial charge on any atom is -0.314 e. The molecule has 0 bridgehead atoms. The molecular weight excluding hydrogens is 200 g/mol. The van der Waals surface area contributed by atoms with Gasteiger partial charge in [0.25, 0.3) is 0 Å². The molecule has 1 rings (SSSR count). The molecule has 0 aliphatic carbocycles. The number of carbonyl (C=O) groups excluding carboxylic acids is 1. The van der Waals surface area contributed by atoms with Crippen LogP contribution in [0.4, 0.5) is 5.69 Å². The summed E-state index contributed by atoms with van der Waals surface area (Å²) in [5, 5.41) is 2.88. The maximum atomic E-state index is 11.8. The van der Waals surface area contributed by atoms with Crippen LogP contribution in [0.1, 0.15) is 5.56 Å². The average molecular weight is 216 g/mol. The van der Waals surface area contributed by atoms with E-state index in [4.69, 9.17) is 6.42 Å². The van der Waals surface area contributed by atoms with Gasteiger partial charge in [0.2, 0.25) is 5.91 Å². The van der Waals surface area contributed by atoms with Crippen molar-refractivity contribution < 1.29 is 4.79 Å². The first-order chi connectivity index (χ1) is 7.66.